The van der Waals surface area contributed by atoms with Crippen molar-refractivity contribution in [1.29, 1.82) is 0 Å². The molecule has 7 nitrogen and oxygen atoms in total. The number of nitrogens with one attached hydrogen (secondary N) is 2. The molecule has 32 heavy (non-hydrogen) atoms. The Balaban J connectivity index is 1.65. The molecule has 1 heterocycles. The highest BCUT2D eigenvalue weighted by Crippen LogP contribution is 2.30. The Hall–Kier alpha value is -4.39. The van der Waals surface area contributed by atoms with E-state index in [4.69, 9.17) is 9.15 Å². The van der Waals surface area contributed by atoms with Crippen molar-refractivity contribution in [3.63, 3.8) is 0 Å². The molecule has 1 aromatic heterocycles. The van der Waals surface area contributed by atoms with Gasteiger partial charge in [-0.25, -0.2) is 4.79 Å². The molecule has 2 N–H and O–H groups in total. The van der Waals surface area contributed by atoms with Crippen LogP contribution in [0.1, 0.15) is 17.3 Å². The van der Waals surface area contributed by atoms with E-state index in [0.29, 0.717) is 22.5 Å². The molecule has 160 valence electrons. The van der Waals surface area contributed by atoms with Crippen LogP contribution in [0.2, 0.25) is 0 Å². The van der Waals surface area contributed by atoms with E-state index in [1.807, 2.05) is 24.3 Å². The topological polar surface area (TPSA) is 97.6 Å². The fraction of sp³-hybridized carbons (Fsp3) is 0.0800. The molecule has 0 saturated carbocycles. The second-order valence-corrected chi connectivity index (χ2v) is 7.09. The third kappa shape index (κ3) is 4.22. The van der Waals surface area contributed by atoms with E-state index in [9.17, 15) is 14.4 Å². The number of ether oxygens (including phenoxy) is 1. The lowest BCUT2D eigenvalue weighted by Crippen LogP contribution is -2.20. The first-order valence-electron chi connectivity index (χ1n) is 9.85. The van der Waals surface area contributed by atoms with Crippen LogP contribution in [0.4, 0.5) is 11.4 Å². The maximum Gasteiger partial charge on any atom is 0.349 e. The average molecular weight is 428 g/mol. The smallest absolute Gasteiger partial charge is 0.349 e. The summed E-state index contributed by atoms with van der Waals surface area (Å²) in [6.07, 6.45) is 0. The van der Waals surface area contributed by atoms with Gasteiger partial charge >= 0.3 is 5.63 Å². The average Bonchev–Trinajstić information content (AvgIpc) is 2.78. The largest absolute Gasteiger partial charge is 0.493 e. The van der Waals surface area contributed by atoms with Crippen molar-refractivity contribution in [2.75, 3.05) is 17.7 Å². The number of carbonyl (C=O) groups is 2. The number of methoxy groups -OCH3 is 1. The maximum atomic E-state index is 12.8. The van der Waals surface area contributed by atoms with Crippen molar-refractivity contribution in [3.05, 3.63) is 88.8 Å². The molecule has 0 fully saturated rings. The minimum Gasteiger partial charge on any atom is -0.493 e. The quantitative estimate of drug-likeness (QED) is 0.450. The Morgan fingerprint density at radius 2 is 1.69 bits per heavy atom. The molecule has 0 aliphatic carbocycles. The highest BCUT2D eigenvalue weighted by Gasteiger charge is 2.16. The maximum absolute atomic E-state index is 12.8. The summed E-state index contributed by atoms with van der Waals surface area (Å²) in [6.45, 7) is 1.44. The van der Waals surface area contributed by atoms with Crippen molar-refractivity contribution in [1.82, 2.24) is 0 Å². The summed E-state index contributed by atoms with van der Waals surface area (Å²) >= 11 is 0. The number of para-hydroxylation sites is 2. The number of carbonyl (C=O) groups excluding carboxylic acids is 2. The normalized spacial score (nSPS) is 10.6. The van der Waals surface area contributed by atoms with Gasteiger partial charge in [-0.1, -0.05) is 42.5 Å². The molecule has 3 aromatic carbocycles. The Bertz CT molecular complexity index is 1390. The van der Waals surface area contributed by atoms with Gasteiger partial charge in [0.2, 0.25) is 5.91 Å². The third-order valence-corrected chi connectivity index (χ3v) is 4.86. The van der Waals surface area contributed by atoms with Crippen LogP contribution in [0.3, 0.4) is 0 Å². The van der Waals surface area contributed by atoms with Crippen LogP contribution in [0, 0.1) is 0 Å². The molecule has 0 atom stereocenters. The van der Waals surface area contributed by atoms with E-state index in [1.165, 1.54) is 20.1 Å². The minimum absolute atomic E-state index is 0.116. The van der Waals surface area contributed by atoms with Crippen molar-refractivity contribution in [3.8, 4) is 16.9 Å². The number of hydrogen-bond donors (Lipinski definition) is 2. The summed E-state index contributed by atoms with van der Waals surface area (Å²) in [5.41, 5.74) is 2.16. The molecule has 4 rings (SSSR count). The number of benzene rings is 3. The van der Waals surface area contributed by atoms with Gasteiger partial charge in [-0.3, -0.25) is 9.59 Å². The number of rotatable bonds is 5. The van der Waals surface area contributed by atoms with Gasteiger partial charge in [0.1, 0.15) is 5.56 Å². The van der Waals surface area contributed by atoms with E-state index in [0.717, 1.165) is 11.1 Å². The van der Waals surface area contributed by atoms with Gasteiger partial charge in [0.15, 0.2) is 11.3 Å². The van der Waals surface area contributed by atoms with Gasteiger partial charge in [-0.2, -0.15) is 0 Å². The minimum atomic E-state index is -0.758. The van der Waals surface area contributed by atoms with Gasteiger partial charge in [0, 0.05) is 29.2 Å². The SMILES string of the molecule is COc1cccc2cc(C(=O)Nc3cccc(-c4ccccc4NC(C)=O)c3)c(=O)oc12. The zero-order valence-electron chi connectivity index (χ0n) is 17.5. The molecule has 0 aliphatic rings. The van der Waals surface area contributed by atoms with Gasteiger partial charge in [0.05, 0.1) is 7.11 Å². The van der Waals surface area contributed by atoms with Crippen molar-refractivity contribution >= 4 is 34.2 Å². The monoisotopic (exact) mass is 428 g/mol. The van der Waals surface area contributed by atoms with Crippen LogP contribution in [0.5, 0.6) is 5.75 Å². The molecule has 0 aliphatic heterocycles. The second-order valence-electron chi connectivity index (χ2n) is 7.09. The van der Waals surface area contributed by atoms with Crippen LogP contribution in [-0.2, 0) is 4.79 Å². The summed E-state index contributed by atoms with van der Waals surface area (Å²) in [4.78, 5) is 36.8. The van der Waals surface area contributed by atoms with Crippen LogP contribution >= 0.6 is 0 Å². The van der Waals surface area contributed by atoms with E-state index in [-0.39, 0.29) is 17.1 Å². The summed E-state index contributed by atoms with van der Waals surface area (Å²) in [6, 6.07) is 21.1. The Labute approximate surface area is 183 Å². The van der Waals surface area contributed by atoms with Crippen LogP contribution in [0.15, 0.2) is 82.0 Å². The molecule has 2 amide bonds. The van der Waals surface area contributed by atoms with E-state index in [1.54, 1.807) is 42.5 Å². The molecule has 0 radical (unpaired) electrons. The van der Waals surface area contributed by atoms with Crippen molar-refractivity contribution < 1.29 is 18.7 Å². The number of hydrogen-bond acceptors (Lipinski definition) is 5. The molecular weight excluding hydrogens is 408 g/mol. The molecule has 0 unspecified atom stereocenters. The van der Waals surface area contributed by atoms with Crippen LogP contribution in [-0.4, -0.2) is 18.9 Å². The summed E-state index contributed by atoms with van der Waals surface area (Å²) in [5, 5.41) is 6.12. The predicted molar refractivity (Wildman–Crippen MR) is 123 cm³/mol. The van der Waals surface area contributed by atoms with Crippen LogP contribution < -0.4 is 21.0 Å². The Kier molecular flexibility index (Phi) is 5.72. The van der Waals surface area contributed by atoms with Crippen molar-refractivity contribution in [2.45, 2.75) is 6.92 Å². The lowest BCUT2D eigenvalue weighted by Gasteiger charge is -2.12. The van der Waals surface area contributed by atoms with E-state index >= 15 is 0 Å². The Morgan fingerprint density at radius 1 is 0.906 bits per heavy atom. The van der Waals surface area contributed by atoms with Crippen LogP contribution in [0.25, 0.3) is 22.1 Å². The molecule has 0 spiro atoms. The zero-order chi connectivity index (χ0) is 22.7. The first-order valence-corrected chi connectivity index (χ1v) is 9.85. The molecule has 4 aromatic rings. The van der Waals surface area contributed by atoms with Gasteiger partial charge < -0.3 is 19.8 Å². The highest BCUT2D eigenvalue weighted by atomic mass is 16.5. The molecule has 0 bridgehead atoms. The van der Waals surface area contributed by atoms with E-state index in [2.05, 4.69) is 10.6 Å². The van der Waals surface area contributed by atoms with Gasteiger partial charge in [0.25, 0.3) is 5.91 Å². The van der Waals surface area contributed by atoms with E-state index < -0.39 is 11.5 Å². The molecule has 0 saturated heterocycles. The summed E-state index contributed by atoms with van der Waals surface area (Å²) < 4.78 is 10.5. The number of amides is 2. The summed E-state index contributed by atoms with van der Waals surface area (Å²) in [5.74, 6) is -0.352. The summed E-state index contributed by atoms with van der Waals surface area (Å²) in [7, 11) is 1.48. The van der Waals surface area contributed by atoms with Gasteiger partial charge in [-0.05, 0) is 35.9 Å². The fourth-order valence-corrected chi connectivity index (χ4v) is 3.43. The number of anilines is 2. The molecular formula is C25H20N2O5. The van der Waals surface area contributed by atoms with Gasteiger partial charge in [-0.15, -0.1) is 0 Å². The zero-order valence-corrected chi connectivity index (χ0v) is 17.5. The standard InChI is InChI=1S/C25H20N2O5/c1-15(28)26-21-11-4-3-10-19(21)16-7-5-9-18(13-16)27-24(29)20-14-17-8-6-12-22(31-2)23(17)32-25(20)30/h3-14H,1-2H3,(H,26,28)(H,27,29). The lowest BCUT2D eigenvalue weighted by molar-refractivity contribution is -0.114. The predicted octanol–water partition coefficient (Wildman–Crippen LogP) is 4.68. The number of fused-ring (bicyclic) bond motifs is 1. The van der Waals surface area contributed by atoms with Crippen molar-refractivity contribution in [2.24, 2.45) is 0 Å². The first-order chi connectivity index (χ1) is 15.5. The first kappa shape index (κ1) is 20.9. The molecule has 7 heteroatoms. The third-order valence-electron chi connectivity index (χ3n) is 4.86. The highest BCUT2D eigenvalue weighted by molar-refractivity contribution is 6.06. The second kappa shape index (κ2) is 8.77. The Morgan fingerprint density at radius 3 is 2.47 bits per heavy atom. The lowest BCUT2D eigenvalue weighted by atomic mass is 10.0. The fourth-order valence-electron chi connectivity index (χ4n) is 3.43.